The lowest BCUT2D eigenvalue weighted by Gasteiger charge is -2.29. The van der Waals surface area contributed by atoms with Crippen molar-refractivity contribution in [1.29, 1.82) is 5.26 Å². The number of nitriles is 1. The molecule has 1 aliphatic rings. The standard InChI is InChI=1S/C15H20N4O2/c16-10-12-11-19(8-9-21-12)7-3-6-15(20)18-14-5-2-1-4-13(14)17/h1-2,4-5,12H,3,6-9,11,17H2,(H,18,20). The average Bonchev–Trinajstić information content (AvgIpc) is 2.50. The van der Waals surface area contributed by atoms with Gasteiger partial charge in [-0.2, -0.15) is 5.26 Å². The normalized spacial score (nSPS) is 18.9. The quantitative estimate of drug-likeness (QED) is 0.795. The van der Waals surface area contributed by atoms with Crippen molar-refractivity contribution >= 4 is 17.3 Å². The van der Waals surface area contributed by atoms with Gasteiger partial charge in [-0.15, -0.1) is 0 Å². The van der Waals surface area contributed by atoms with Crippen LogP contribution in [0.15, 0.2) is 24.3 Å². The number of anilines is 2. The lowest BCUT2D eigenvalue weighted by atomic mass is 10.2. The predicted octanol–water partition coefficient (Wildman–Crippen LogP) is 1.21. The highest BCUT2D eigenvalue weighted by molar-refractivity contribution is 5.93. The third kappa shape index (κ3) is 4.74. The topological polar surface area (TPSA) is 91.4 Å². The smallest absolute Gasteiger partial charge is 0.224 e. The Kier molecular flexibility index (Phi) is 5.55. The molecule has 21 heavy (non-hydrogen) atoms. The first kappa shape index (κ1) is 15.3. The molecule has 1 aliphatic heterocycles. The van der Waals surface area contributed by atoms with Crippen LogP contribution in [0, 0.1) is 11.3 Å². The van der Waals surface area contributed by atoms with Crippen molar-refractivity contribution in [2.45, 2.75) is 18.9 Å². The molecule has 1 atom stereocenters. The van der Waals surface area contributed by atoms with E-state index in [0.717, 1.165) is 19.5 Å². The zero-order valence-corrected chi connectivity index (χ0v) is 11.9. The van der Waals surface area contributed by atoms with E-state index in [1.807, 2.05) is 12.1 Å². The summed E-state index contributed by atoms with van der Waals surface area (Å²) in [7, 11) is 0. The first-order valence-corrected chi connectivity index (χ1v) is 7.07. The molecule has 1 saturated heterocycles. The Morgan fingerprint density at radius 3 is 3.10 bits per heavy atom. The van der Waals surface area contributed by atoms with Crippen LogP contribution in [0.25, 0.3) is 0 Å². The molecule has 1 unspecified atom stereocenters. The SMILES string of the molecule is N#CC1CN(CCCC(=O)Nc2ccccc2N)CCO1. The summed E-state index contributed by atoms with van der Waals surface area (Å²) >= 11 is 0. The predicted molar refractivity (Wildman–Crippen MR) is 80.5 cm³/mol. The molecule has 112 valence electrons. The number of nitrogens with one attached hydrogen (secondary N) is 1. The number of rotatable bonds is 5. The number of amides is 1. The lowest BCUT2D eigenvalue weighted by Crippen LogP contribution is -2.42. The molecule has 3 N–H and O–H groups in total. The minimum atomic E-state index is -0.350. The van der Waals surface area contributed by atoms with Crippen molar-refractivity contribution in [1.82, 2.24) is 4.90 Å². The molecule has 0 spiro atoms. The van der Waals surface area contributed by atoms with E-state index >= 15 is 0 Å². The summed E-state index contributed by atoms with van der Waals surface area (Å²) in [5, 5.41) is 11.6. The number of hydrogen-bond donors (Lipinski definition) is 2. The second-order valence-electron chi connectivity index (χ2n) is 5.03. The van der Waals surface area contributed by atoms with Crippen LogP contribution in [0.5, 0.6) is 0 Å². The second kappa shape index (κ2) is 7.62. The van der Waals surface area contributed by atoms with E-state index in [1.165, 1.54) is 0 Å². The molecule has 1 fully saturated rings. The zero-order valence-electron chi connectivity index (χ0n) is 11.9. The number of benzene rings is 1. The highest BCUT2D eigenvalue weighted by Crippen LogP contribution is 2.17. The Morgan fingerprint density at radius 1 is 1.52 bits per heavy atom. The van der Waals surface area contributed by atoms with E-state index < -0.39 is 0 Å². The minimum absolute atomic E-state index is 0.0435. The Hall–Kier alpha value is -2.10. The summed E-state index contributed by atoms with van der Waals surface area (Å²) in [4.78, 5) is 14.0. The number of nitrogens with two attached hydrogens (primary N) is 1. The Morgan fingerprint density at radius 2 is 2.33 bits per heavy atom. The maximum Gasteiger partial charge on any atom is 0.224 e. The number of hydrogen-bond acceptors (Lipinski definition) is 5. The first-order valence-electron chi connectivity index (χ1n) is 7.07. The van der Waals surface area contributed by atoms with Crippen molar-refractivity contribution in [3.05, 3.63) is 24.3 Å². The van der Waals surface area contributed by atoms with E-state index in [2.05, 4.69) is 16.3 Å². The number of carbonyl (C=O) groups excluding carboxylic acids is 1. The van der Waals surface area contributed by atoms with Gasteiger partial charge in [-0.25, -0.2) is 0 Å². The number of para-hydroxylation sites is 2. The first-order chi connectivity index (χ1) is 10.2. The highest BCUT2D eigenvalue weighted by atomic mass is 16.5. The van der Waals surface area contributed by atoms with Crippen LogP contribution in [0.4, 0.5) is 11.4 Å². The summed E-state index contributed by atoms with van der Waals surface area (Å²) in [5.74, 6) is -0.0435. The van der Waals surface area contributed by atoms with Crippen molar-refractivity contribution in [2.24, 2.45) is 0 Å². The molecule has 6 nitrogen and oxygen atoms in total. The maximum atomic E-state index is 11.9. The Balaban J connectivity index is 1.70. The van der Waals surface area contributed by atoms with Crippen LogP contribution >= 0.6 is 0 Å². The van der Waals surface area contributed by atoms with Crippen LogP contribution < -0.4 is 11.1 Å². The number of carbonyl (C=O) groups is 1. The van der Waals surface area contributed by atoms with Crippen LogP contribution in [0.1, 0.15) is 12.8 Å². The van der Waals surface area contributed by atoms with Gasteiger partial charge in [-0.05, 0) is 25.1 Å². The largest absolute Gasteiger partial charge is 0.397 e. The fourth-order valence-electron chi connectivity index (χ4n) is 2.27. The minimum Gasteiger partial charge on any atom is -0.397 e. The number of nitrogen functional groups attached to an aromatic ring is 1. The molecule has 1 aromatic carbocycles. The highest BCUT2D eigenvalue weighted by Gasteiger charge is 2.19. The summed E-state index contributed by atoms with van der Waals surface area (Å²) < 4.78 is 5.28. The summed E-state index contributed by atoms with van der Waals surface area (Å²) in [6, 6.07) is 9.32. The summed E-state index contributed by atoms with van der Waals surface area (Å²) in [5.41, 5.74) is 6.99. The van der Waals surface area contributed by atoms with Gasteiger partial charge in [0.15, 0.2) is 6.10 Å². The third-order valence-electron chi connectivity index (χ3n) is 3.41. The number of ether oxygens (including phenoxy) is 1. The van der Waals surface area contributed by atoms with Gasteiger partial charge in [0, 0.05) is 19.5 Å². The zero-order chi connectivity index (χ0) is 15.1. The molecule has 1 heterocycles. The van der Waals surface area contributed by atoms with E-state index in [0.29, 0.717) is 30.9 Å². The van der Waals surface area contributed by atoms with Crippen molar-refractivity contribution in [3.63, 3.8) is 0 Å². The second-order valence-corrected chi connectivity index (χ2v) is 5.03. The van der Waals surface area contributed by atoms with E-state index in [1.54, 1.807) is 12.1 Å². The molecule has 1 amide bonds. The van der Waals surface area contributed by atoms with E-state index in [-0.39, 0.29) is 12.0 Å². The number of morpholine rings is 1. The summed E-state index contributed by atoms with van der Waals surface area (Å²) in [6.45, 7) is 2.79. The van der Waals surface area contributed by atoms with Gasteiger partial charge in [0.2, 0.25) is 5.91 Å². The van der Waals surface area contributed by atoms with Crippen molar-refractivity contribution in [3.8, 4) is 6.07 Å². The van der Waals surface area contributed by atoms with Gasteiger partial charge in [-0.3, -0.25) is 9.69 Å². The van der Waals surface area contributed by atoms with Crippen LogP contribution in [-0.2, 0) is 9.53 Å². The van der Waals surface area contributed by atoms with Gasteiger partial charge < -0.3 is 15.8 Å². The molecule has 0 bridgehead atoms. The van der Waals surface area contributed by atoms with Crippen LogP contribution in [-0.4, -0.2) is 43.2 Å². The van der Waals surface area contributed by atoms with Crippen LogP contribution in [0.3, 0.4) is 0 Å². The summed E-state index contributed by atoms with van der Waals surface area (Å²) in [6.07, 6.45) is 0.830. The molecule has 0 aliphatic carbocycles. The average molecular weight is 288 g/mol. The molecule has 0 saturated carbocycles. The molecule has 0 aromatic heterocycles. The molecule has 0 radical (unpaired) electrons. The van der Waals surface area contributed by atoms with E-state index in [4.69, 9.17) is 15.7 Å². The fourth-order valence-corrected chi connectivity index (χ4v) is 2.27. The van der Waals surface area contributed by atoms with E-state index in [9.17, 15) is 4.79 Å². The maximum absolute atomic E-state index is 11.9. The number of nitrogens with zero attached hydrogens (tertiary/aromatic N) is 2. The van der Waals surface area contributed by atoms with Gasteiger partial charge in [-0.1, -0.05) is 12.1 Å². The molecule has 1 aromatic rings. The Bertz CT molecular complexity index is 527. The van der Waals surface area contributed by atoms with Crippen LogP contribution in [0.2, 0.25) is 0 Å². The molecule has 6 heteroatoms. The molecule has 2 rings (SSSR count). The fraction of sp³-hybridized carbons (Fsp3) is 0.467. The van der Waals surface area contributed by atoms with Gasteiger partial charge in [0.1, 0.15) is 0 Å². The van der Waals surface area contributed by atoms with Crippen molar-refractivity contribution in [2.75, 3.05) is 37.3 Å². The molecular formula is C15H20N4O2. The molecular weight excluding hydrogens is 268 g/mol. The van der Waals surface area contributed by atoms with Gasteiger partial charge in [0.05, 0.1) is 24.1 Å². The monoisotopic (exact) mass is 288 g/mol. The van der Waals surface area contributed by atoms with Crippen molar-refractivity contribution < 1.29 is 9.53 Å². The van der Waals surface area contributed by atoms with Gasteiger partial charge in [0.25, 0.3) is 0 Å². The lowest BCUT2D eigenvalue weighted by molar-refractivity contribution is -0.116. The third-order valence-corrected chi connectivity index (χ3v) is 3.41. The Labute approximate surface area is 124 Å². The van der Waals surface area contributed by atoms with Gasteiger partial charge >= 0.3 is 0 Å².